The first kappa shape index (κ1) is 16.4. The summed E-state index contributed by atoms with van der Waals surface area (Å²) < 4.78 is 20.9. The van der Waals surface area contributed by atoms with Gasteiger partial charge in [0.25, 0.3) is 5.91 Å². The number of nitrogens with zero attached hydrogens (tertiary/aromatic N) is 1. The van der Waals surface area contributed by atoms with Crippen LogP contribution < -0.4 is 19.6 Å². The number of methoxy groups -OCH3 is 3. The lowest BCUT2D eigenvalue weighted by Gasteiger charge is -2.12. The molecule has 23 heavy (non-hydrogen) atoms. The van der Waals surface area contributed by atoms with Gasteiger partial charge in [-0.2, -0.15) is 5.10 Å². The van der Waals surface area contributed by atoms with Crippen LogP contribution in [0, 0.1) is 6.92 Å². The molecule has 0 atom stereocenters. The van der Waals surface area contributed by atoms with E-state index in [0.29, 0.717) is 34.1 Å². The van der Waals surface area contributed by atoms with Crippen molar-refractivity contribution in [2.75, 3.05) is 21.3 Å². The van der Waals surface area contributed by atoms with Gasteiger partial charge in [0.2, 0.25) is 0 Å². The van der Waals surface area contributed by atoms with Crippen molar-refractivity contribution in [2.24, 2.45) is 5.10 Å². The van der Waals surface area contributed by atoms with E-state index in [0.717, 1.165) is 0 Å². The zero-order valence-corrected chi connectivity index (χ0v) is 13.4. The number of hydrogen-bond acceptors (Lipinski definition) is 6. The number of benzene rings is 1. The first-order valence-corrected chi connectivity index (χ1v) is 6.78. The SMILES string of the molecule is COc1cc(OC)c(/C=N\NC(=O)c2ccoc2C)c(OC)c1. The summed E-state index contributed by atoms with van der Waals surface area (Å²) in [6.07, 6.45) is 2.90. The molecule has 0 saturated heterocycles. The van der Waals surface area contributed by atoms with Gasteiger partial charge >= 0.3 is 0 Å². The van der Waals surface area contributed by atoms with Gasteiger partial charge in [-0.15, -0.1) is 0 Å². The number of rotatable bonds is 6. The predicted molar refractivity (Wildman–Crippen MR) is 84.6 cm³/mol. The highest BCUT2D eigenvalue weighted by molar-refractivity contribution is 5.96. The second-order valence-corrected chi connectivity index (χ2v) is 4.54. The van der Waals surface area contributed by atoms with Crippen molar-refractivity contribution in [3.63, 3.8) is 0 Å². The number of furan rings is 1. The first-order chi connectivity index (χ1) is 11.1. The highest BCUT2D eigenvalue weighted by atomic mass is 16.5. The van der Waals surface area contributed by atoms with Gasteiger partial charge in [-0.05, 0) is 13.0 Å². The normalized spacial score (nSPS) is 10.6. The minimum absolute atomic E-state index is 0.362. The average Bonchev–Trinajstić information content (AvgIpc) is 3.00. The van der Waals surface area contributed by atoms with Crippen molar-refractivity contribution in [1.29, 1.82) is 0 Å². The summed E-state index contributed by atoms with van der Waals surface area (Å²) in [5, 5.41) is 3.94. The van der Waals surface area contributed by atoms with Gasteiger partial charge in [-0.1, -0.05) is 0 Å². The Balaban J connectivity index is 2.22. The number of hydrogen-bond donors (Lipinski definition) is 1. The van der Waals surface area contributed by atoms with Crippen molar-refractivity contribution in [3.8, 4) is 17.2 Å². The van der Waals surface area contributed by atoms with Crippen molar-refractivity contribution in [1.82, 2.24) is 5.43 Å². The van der Waals surface area contributed by atoms with E-state index in [1.165, 1.54) is 26.7 Å². The van der Waals surface area contributed by atoms with Crippen LogP contribution in [0.15, 0.2) is 34.0 Å². The summed E-state index contributed by atoms with van der Waals surface area (Å²) in [6, 6.07) is 4.98. The Kier molecular flexibility index (Phi) is 5.24. The van der Waals surface area contributed by atoms with Gasteiger partial charge in [-0.3, -0.25) is 4.79 Å². The van der Waals surface area contributed by atoms with Crippen LogP contribution in [0.25, 0.3) is 0 Å². The smallest absolute Gasteiger partial charge is 0.274 e. The lowest BCUT2D eigenvalue weighted by molar-refractivity contribution is 0.0953. The number of carbonyl (C=O) groups excluding carboxylic acids is 1. The summed E-state index contributed by atoms with van der Waals surface area (Å²) in [4.78, 5) is 12.0. The molecule has 1 aromatic carbocycles. The number of carbonyl (C=O) groups is 1. The van der Waals surface area contributed by atoms with E-state index in [1.54, 1.807) is 32.2 Å². The molecule has 1 amide bonds. The van der Waals surface area contributed by atoms with Crippen LogP contribution in [0.3, 0.4) is 0 Å². The number of aryl methyl sites for hydroxylation is 1. The second-order valence-electron chi connectivity index (χ2n) is 4.54. The lowest BCUT2D eigenvalue weighted by atomic mass is 10.2. The monoisotopic (exact) mass is 318 g/mol. The quantitative estimate of drug-likeness (QED) is 0.653. The highest BCUT2D eigenvalue weighted by Crippen LogP contribution is 2.32. The summed E-state index contributed by atoms with van der Waals surface area (Å²) >= 11 is 0. The molecule has 2 aromatic rings. The topological polar surface area (TPSA) is 82.3 Å². The van der Waals surface area contributed by atoms with Gasteiger partial charge in [0, 0.05) is 12.1 Å². The molecular weight excluding hydrogens is 300 g/mol. The molecule has 7 nitrogen and oxygen atoms in total. The van der Waals surface area contributed by atoms with E-state index in [4.69, 9.17) is 18.6 Å². The fraction of sp³-hybridized carbons (Fsp3) is 0.250. The summed E-state index contributed by atoms with van der Waals surface area (Å²) in [5.41, 5.74) is 3.44. The molecule has 0 fully saturated rings. The van der Waals surface area contributed by atoms with Gasteiger partial charge < -0.3 is 18.6 Å². The zero-order valence-electron chi connectivity index (χ0n) is 13.4. The molecule has 0 aliphatic carbocycles. The molecule has 0 spiro atoms. The minimum Gasteiger partial charge on any atom is -0.496 e. The largest absolute Gasteiger partial charge is 0.496 e. The molecule has 0 aliphatic heterocycles. The van der Waals surface area contributed by atoms with Gasteiger partial charge in [0.15, 0.2) is 0 Å². The van der Waals surface area contributed by atoms with E-state index >= 15 is 0 Å². The summed E-state index contributed by atoms with van der Waals surface area (Å²) in [5.74, 6) is 1.78. The van der Waals surface area contributed by atoms with Crippen molar-refractivity contribution >= 4 is 12.1 Å². The van der Waals surface area contributed by atoms with Crippen LogP contribution in [0.1, 0.15) is 21.7 Å². The van der Waals surface area contributed by atoms with Crippen molar-refractivity contribution in [2.45, 2.75) is 6.92 Å². The second kappa shape index (κ2) is 7.35. The van der Waals surface area contributed by atoms with E-state index in [9.17, 15) is 4.79 Å². The number of hydrazone groups is 1. The number of nitrogens with one attached hydrogen (secondary N) is 1. The first-order valence-electron chi connectivity index (χ1n) is 6.78. The van der Waals surface area contributed by atoms with Crippen LogP contribution in [0.5, 0.6) is 17.2 Å². The van der Waals surface area contributed by atoms with Crippen molar-refractivity contribution < 1.29 is 23.4 Å². The molecule has 0 saturated carbocycles. The van der Waals surface area contributed by atoms with Gasteiger partial charge in [0.1, 0.15) is 23.0 Å². The molecule has 7 heteroatoms. The summed E-state index contributed by atoms with van der Waals surface area (Å²) in [6.45, 7) is 1.70. The highest BCUT2D eigenvalue weighted by Gasteiger charge is 2.13. The number of ether oxygens (including phenoxy) is 3. The molecule has 122 valence electrons. The van der Waals surface area contributed by atoms with Crippen LogP contribution in [0.4, 0.5) is 0 Å². The third kappa shape index (κ3) is 3.63. The maximum Gasteiger partial charge on any atom is 0.274 e. The van der Waals surface area contributed by atoms with E-state index in [1.807, 2.05) is 0 Å². The molecular formula is C16H18N2O5. The number of amides is 1. The van der Waals surface area contributed by atoms with E-state index in [-0.39, 0.29) is 5.91 Å². The van der Waals surface area contributed by atoms with Gasteiger partial charge in [0.05, 0.1) is 44.9 Å². The predicted octanol–water partition coefficient (Wildman–Crippen LogP) is 2.38. The minimum atomic E-state index is -0.362. The maximum atomic E-state index is 12.0. The lowest BCUT2D eigenvalue weighted by Crippen LogP contribution is -2.17. The fourth-order valence-electron chi connectivity index (χ4n) is 2.00. The van der Waals surface area contributed by atoms with Crippen LogP contribution >= 0.6 is 0 Å². The Morgan fingerprint density at radius 2 is 1.83 bits per heavy atom. The molecule has 1 heterocycles. The van der Waals surface area contributed by atoms with Crippen LogP contribution in [-0.2, 0) is 0 Å². The third-order valence-electron chi connectivity index (χ3n) is 3.22. The van der Waals surface area contributed by atoms with E-state index < -0.39 is 0 Å². The summed E-state index contributed by atoms with van der Waals surface area (Å²) in [7, 11) is 4.60. The molecule has 0 radical (unpaired) electrons. The van der Waals surface area contributed by atoms with E-state index in [2.05, 4.69) is 10.5 Å². The fourth-order valence-corrected chi connectivity index (χ4v) is 2.00. The van der Waals surface area contributed by atoms with Crippen LogP contribution in [0.2, 0.25) is 0 Å². The molecule has 2 rings (SSSR count). The Labute approximate surface area is 133 Å². The third-order valence-corrected chi connectivity index (χ3v) is 3.22. The Bertz CT molecular complexity index is 696. The molecule has 0 unspecified atom stereocenters. The Hall–Kier alpha value is -2.96. The molecule has 1 N–H and O–H groups in total. The molecule has 0 bridgehead atoms. The Morgan fingerprint density at radius 3 is 2.30 bits per heavy atom. The molecule has 0 aliphatic rings. The Morgan fingerprint density at radius 1 is 1.17 bits per heavy atom. The van der Waals surface area contributed by atoms with Crippen molar-refractivity contribution in [3.05, 3.63) is 41.3 Å². The maximum absolute atomic E-state index is 12.0. The standard InChI is InChI=1S/C16H18N2O5/c1-10-12(5-6-23-10)16(19)18-17-9-13-14(21-3)7-11(20-2)8-15(13)22-4/h5-9H,1-4H3,(H,18,19)/b17-9-. The van der Waals surface area contributed by atoms with Gasteiger partial charge in [-0.25, -0.2) is 5.43 Å². The molecule has 1 aromatic heterocycles. The zero-order chi connectivity index (χ0) is 16.8. The average molecular weight is 318 g/mol. The van der Waals surface area contributed by atoms with Crippen LogP contribution in [-0.4, -0.2) is 33.5 Å².